The fourth-order valence-corrected chi connectivity index (χ4v) is 1.05. The molecule has 0 heterocycles. The Labute approximate surface area is 103 Å². The standard InChI is InChI=1S/C9H15N3O6/c1-2-10-6(13)3-11-9(18)12(4-7(14)15)5-8(16)17/h2-5H2,1H3,(H,10,13)(H,11,18)(H,14,15)(H,16,17). The van der Waals surface area contributed by atoms with Gasteiger partial charge >= 0.3 is 18.0 Å². The number of hydrogen-bond acceptors (Lipinski definition) is 4. The molecule has 0 spiro atoms. The molecule has 0 aliphatic carbocycles. The topological polar surface area (TPSA) is 136 Å². The Hall–Kier alpha value is -2.32. The number of hydrogen-bond donors (Lipinski definition) is 4. The minimum Gasteiger partial charge on any atom is -0.480 e. The summed E-state index contributed by atoms with van der Waals surface area (Å²) in [6, 6.07) is -0.925. The Balaban J connectivity index is 4.32. The molecule has 9 nitrogen and oxygen atoms in total. The molecular weight excluding hydrogens is 246 g/mol. The zero-order valence-electron chi connectivity index (χ0n) is 9.80. The van der Waals surface area contributed by atoms with Gasteiger partial charge in [-0.25, -0.2) is 4.79 Å². The fourth-order valence-electron chi connectivity index (χ4n) is 1.05. The molecule has 0 rings (SSSR count). The lowest BCUT2D eigenvalue weighted by Crippen LogP contribution is -2.47. The summed E-state index contributed by atoms with van der Waals surface area (Å²) in [5.41, 5.74) is 0. The second kappa shape index (κ2) is 7.87. The lowest BCUT2D eigenvalue weighted by molar-refractivity contribution is -0.140. The van der Waals surface area contributed by atoms with E-state index in [0.29, 0.717) is 11.4 Å². The summed E-state index contributed by atoms with van der Waals surface area (Å²) in [5, 5.41) is 21.6. The molecule has 102 valence electrons. The molecule has 0 bridgehead atoms. The minimum atomic E-state index is -1.34. The molecule has 0 radical (unpaired) electrons. The summed E-state index contributed by atoms with van der Waals surface area (Å²) in [7, 11) is 0. The first-order valence-corrected chi connectivity index (χ1v) is 5.09. The molecule has 18 heavy (non-hydrogen) atoms. The zero-order chi connectivity index (χ0) is 14.1. The molecule has 0 aromatic carbocycles. The van der Waals surface area contributed by atoms with Crippen molar-refractivity contribution >= 4 is 23.9 Å². The van der Waals surface area contributed by atoms with Gasteiger partial charge in [0.1, 0.15) is 13.1 Å². The van der Waals surface area contributed by atoms with Crippen molar-refractivity contribution in [3.05, 3.63) is 0 Å². The van der Waals surface area contributed by atoms with Crippen LogP contribution in [0.15, 0.2) is 0 Å². The highest BCUT2D eigenvalue weighted by atomic mass is 16.4. The first-order chi connectivity index (χ1) is 8.36. The van der Waals surface area contributed by atoms with Crippen molar-refractivity contribution in [2.75, 3.05) is 26.2 Å². The van der Waals surface area contributed by atoms with E-state index in [4.69, 9.17) is 10.2 Å². The lowest BCUT2D eigenvalue weighted by Gasteiger charge is -2.18. The average molecular weight is 261 g/mol. The Morgan fingerprint density at radius 2 is 1.50 bits per heavy atom. The maximum absolute atomic E-state index is 11.4. The van der Waals surface area contributed by atoms with E-state index in [1.54, 1.807) is 6.92 Å². The van der Waals surface area contributed by atoms with Gasteiger partial charge in [0.15, 0.2) is 0 Å². The van der Waals surface area contributed by atoms with Gasteiger partial charge in [0.05, 0.1) is 6.54 Å². The third-order valence-corrected chi connectivity index (χ3v) is 1.71. The smallest absolute Gasteiger partial charge is 0.323 e. The highest BCUT2D eigenvalue weighted by molar-refractivity contribution is 5.87. The Kier molecular flexibility index (Phi) is 6.86. The lowest BCUT2D eigenvalue weighted by atomic mass is 10.4. The third kappa shape index (κ3) is 7.04. The van der Waals surface area contributed by atoms with Gasteiger partial charge in [-0.2, -0.15) is 0 Å². The number of carbonyl (C=O) groups excluding carboxylic acids is 2. The highest BCUT2D eigenvalue weighted by Crippen LogP contribution is 1.90. The third-order valence-electron chi connectivity index (χ3n) is 1.71. The van der Waals surface area contributed by atoms with Crippen LogP contribution >= 0.6 is 0 Å². The number of carbonyl (C=O) groups is 4. The van der Waals surface area contributed by atoms with Crippen LogP contribution in [0.4, 0.5) is 4.79 Å². The van der Waals surface area contributed by atoms with Gasteiger partial charge in [-0.15, -0.1) is 0 Å². The van der Waals surface area contributed by atoms with Crippen LogP contribution in [0, 0.1) is 0 Å². The summed E-state index contributed by atoms with van der Waals surface area (Å²) in [5.74, 6) is -3.13. The van der Waals surface area contributed by atoms with Crippen molar-refractivity contribution in [2.24, 2.45) is 0 Å². The van der Waals surface area contributed by atoms with E-state index in [1.165, 1.54) is 0 Å². The first-order valence-electron chi connectivity index (χ1n) is 5.09. The van der Waals surface area contributed by atoms with E-state index in [0.717, 1.165) is 0 Å². The maximum atomic E-state index is 11.4. The molecule has 0 fully saturated rings. The van der Waals surface area contributed by atoms with Crippen LogP contribution in [-0.4, -0.2) is 65.2 Å². The van der Waals surface area contributed by atoms with E-state index in [1.807, 2.05) is 0 Å². The number of urea groups is 1. The normalized spacial score (nSPS) is 9.39. The number of nitrogens with one attached hydrogen (secondary N) is 2. The molecule has 0 aliphatic rings. The van der Waals surface area contributed by atoms with Crippen LogP contribution in [0.1, 0.15) is 6.92 Å². The molecule has 0 saturated carbocycles. The highest BCUT2D eigenvalue weighted by Gasteiger charge is 2.19. The van der Waals surface area contributed by atoms with E-state index < -0.39 is 37.0 Å². The molecule has 4 N–H and O–H groups in total. The van der Waals surface area contributed by atoms with E-state index in [9.17, 15) is 19.2 Å². The van der Waals surface area contributed by atoms with E-state index >= 15 is 0 Å². The summed E-state index contributed by atoms with van der Waals surface area (Å²) < 4.78 is 0. The van der Waals surface area contributed by atoms with Gasteiger partial charge in [-0.05, 0) is 6.92 Å². The number of aliphatic carboxylic acids is 2. The van der Waals surface area contributed by atoms with Crippen LogP contribution in [-0.2, 0) is 14.4 Å². The van der Waals surface area contributed by atoms with Crippen molar-refractivity contribution in [2.45, 2.75) is 6.92 Å². The van der Waals surface area contributed by atoms with Crippen molar-refractivity contribution in [3.8, 4) is 0 Å². The van der Waals surface area contributed by atoms with Crippen molar-refractivity contribution in [1.82, 2.24) is 15.5 Å². The minimum absolute atomic E-state index is 0.345. The maximum Gasteiger partial charge on any atom is 0.323 e. The summed E-state index contributed by atoms with van der Waals surface area (Å²) >= 11 is 0. The van der Waals surface area contributed by atoms with Crippen LogP contribution in [0.5, 0.6) is 0 Å². The van der Waals surface area contributed by atoms with Crippen LogP contribution < -0.4 is 10.6 Å². The van der Waals surface area contributed by atoms with Gasteiger partial charge in [-0.1, -0.05) is 0 Å². The van der Waals surface area contributed by atoms with Gasteiger partial charge in [0.2, 0.25) is 5.91 Å². The molecule has 0 aliphatic heterocycles. The zero-order valence-corrected chi connectivity index (χ0v) is 9.80. The Morgan fingerprint density at radius 1 is 1.00 bits per heavy atom. The summed E-state index contributed by atoms with van der Waals surface area (Å²) in [4.78, 5) is 43.9. The number of carboxylic acids is 2. The molecule has 0 saturated heterocycles. The van der Waals surface area contributed by atoms with Crippen molar-refractivity contribution in [1.29, 1.82) is 0 Å². The number of amides is 3. The monoisotopic (exact) mass is 261 g/mol. The largest absolute Gasteiger partial charge is 0.480 e. The van der Waals surface area contributed by atoms with Gasteiger partial charge in [0.25, 0.3) is 0 Å². The number of likely N-dealkylation sites (N-methyl/N-ethyl adjacent to an activating group) is 1. The average Bonchev–Trinajstić information content (AvgIpc) is 2.24. The van der Waals surface area contributed by atoms with Crippen molar-refractivity contribution in [3.63, 3.8) is 0 Å². The second-order valence-electron chi connectivity index (χ2n) is 3.26. The molecule has 3 amide bonds. The van der Waals surface area contributed by atoms with Gasteiger partial charge in [0, 0.05) is 6.54 Å². The molecule has 0 aromatic heterocycles. The van der Waals surface area contributed by atoms with Crippen molar-refractivity contribution < 1.29 is 29.4 Å². The van der Waals surface area contributed by atoms with Crippen LogP contribution in [0.2, 0.25) is 0 Å². The summed E-state index contributed by atoms with van der Waals surface area (Å²) in [6.45, 7) is 0.229. The van der Waals surface area contributed by atoms with E-state index in [2.05, 4.69) is 10.6 Å². The second-order valence-corrected chi connectivity index (χ2v) is 3.26. The fraction of sp³-hybridized carbons (Fsp3) is 0.556. The number of rotatable bonds is 7. The quantitative estimate of drug-likeness (QED) is 0.431. The Morgan fingerprint density at radius 3 is 1.89 bits per heavy atom. The molecular formula is C9H15N3O6. The Bertz CT molecular complexity index is 327. The SMILES string of the molecule is CCNC(=O)CNC(=O)N(CC(=O)O)CC(=O)O. The van der Waals surface area contributed by atoms with Crippen LogP contribution in [0.3, 0.4) is 0 Å². The molecule has 0 atom stereocenters. The van der Waals surface area contributed by atoms with Crippen LogP contribution in [0.25, 0.3) is 0 Å². The van der Waals surface area contributed by atoms with E-state index in [-0.39, 0.29) is 6.54 Å². The number of nitrogens with zero attached hydrogens (tertiary/aromatic N) is 1. The van der Waals surface area contributed by atoms with Gasteiger partial charge < -0.3 is 25.7 Å². The predicted octanol–water partition coefficient (Wildman–Crippen LogP) is -1.70. The van der Waals surface area contributed by atoms with Gasteiger partial charge in [-0.3, -0.25) is 14.4 Å². The molecule has 9 heteroatoms. The molecule has 0 unspecified atom stereocenters. The molecule has 0 aromatic rings. The first kappa shape index (κ1) is 15.7. The summed E-state index contributed by atoms with van der Waals surface area (Å²) in [6.07, 6.45) is 0. The number of carboxylic acid groups (broad SMARTS) is 2. The predicted molar refractivity (Wildman–Crippen MR) is 58.9 cm³/mol.